The molecular formula is C25H29N5O2. The van der Waals surface area contributed by atoms with Crippen LogP contribution >= 0.6 is 0 Å². The van der Waals surface area contributed by atoms with Gasteiger partial charge in [0.05, 0.1) is 17.2 Å². The van der Waals surface area contributed by atoms with Crippen molar-refractivity contribution in [2.24, 2.45) is 0 Å². The first-order valence-corrected chi connectivity index (χ1v) is 11.2. The van der Waals surface area contributed by atoms with Crippen molar-refractivity contribution in [3.8, 4) is 11.3 Å². The Morgan fingerprint density at radius 1 is 1.06 bits per heavy atom. The van der Waals surface area contributed by atoms with E-state index in [9.17, 15) is 4.79 Å². The largest absolute Gasteiger partial charge is 0.441 e. The molecule has 7 heteroatoms. The highest BCUT2D eigenvalue weighted by Crippen LogP contribution is 2.22. The molecule has 2 aromatic heterocycles. The van der Waals surface area contributed by atoms with Crippen LogP contribution in [0, 0.1) is 0 Å². The molecule has 0 spiro atoms. The van der Waals surface area contributed by atoms with Crippen LogP contribution in [0.15, 0.2) is 65.2 Å². The van der Waals surface area contributed by atoms with Crippen LogP contribution in [0.3, 0.4) is 0 Å². The first kappa shape index (κ1) is 21.8. The summed E-state index contributed by atoms with van der Waals surface area (Å²) < 4.78 is 7.90. The summed E-state index contributed by atoms with van der Waals surface area (Å²) in [6.07, 6.45) is 2.40. The van der Waals surface area contributed by atoms with Crippen molar-refractivity contribution in [1.29, 1.82) is 0 Å². The number of likely N-dealkylation sites (N-methyl/N-ethyl adjacent to an activating group) is 1. The van der Waals surface area contributed by atoms with E-state index >= 15 is 0 Å². The molecule has 0 radical (unpaired) electrons. The minimum absolute atomic E-state index is 0.108. The molecule has 0 aliphatic rings. The number of nitrogens with zero attached hydrogens (tertiary/aromatic N) is 4. The zero-order valence-corrected chi connectivity index (χ0v) is 18.6. The number of nitrogens with one attached hydrogen (secondary N) is 1. The summed E-state index contributed by atoms with van der Waals surface area (Å²) in [5.74, 6) is 1.73. The van der Waals surface area contributed by atoms with E-state index < -0.39 is 0 Å². The molecule has 4 aromatic rings. The number of aryl methyl sites for hydroxylation is 1. The number of hydrogen-bond donors (Lipinski definition) is 1. The molecule has 0 unspecified atom stereocenters. The van der Waals surface area contributed by atoms with E-state index in [4.69, 9.17) is 4.42 Å². The highest BCUT2D eigenvalue weighted by molar-refractivity contribution is 5.91. The second-order valence-corrected chi connectivity index (χ2v) is 7.64. The molecule has 0 atom stereocenters. The third-order valence-electron chi connectivity index (χ3n) is 5.62. The molecule has 0 saturated heterocycles. The third kappa shape index (κ3) is 5.06. The van der Waals surface area contributed by atoms with Gasteiger partial charge in [-0.3, -0.25) is 10.1 Å². The van der Waals surface area contributed by atoms with Crippen molar-refractivity contribution in [2.75, 3.05) is 25.0 Å². The van der Waals surface area contributed by atoms with Gasteiger partial charge >= 0.3 is 0 Å². The van der Waals surface area contributed by atoms with Crippen molar-refractivity contribution < 1.29 is 9.21 Å². The predicted octanol–water partition coefficient (Wildman–Crippen LogP) is 4.60. The maximum Gasteiger partial charge on any atom is 0.227 e. The molecule has 7 nitrogen and oxygen atoms in total. The number of para-hydroxylation sites is 2. The Balaban J connectivity index is 1.42. The molecule has 1 N–H and O–H groups in total. The summed E-state index contributed by atoms with van der Waals surface area (Å²) >= 11 is 0. The van der Waals surface area contributed by atoms with Gasteiger partial charge in [0.2, 0.25) is 11.9 Å². The number of amides is 1. The lowest BCUT2D eigenvalue weighted by molar-refractivity contribution is -0.116. The van der Waals surface area contributed by atoms with Crippen LogP contribution in [-0.2, 0) is 17.8 Å². The number of carbonyl (C=O) groups excluding carboxylic acids is 1. The molecule has 0 aliphatic carbocycles. The molecule has 4 rings (SSSR count). The first-order chi connectivity index (χ1) is 15.7. The van der Waals surface area contributed by atoms with Gasteiger partial charge in [0.25, 0.3) is 0 Å². The van der Waals surface area contributed by atoms with Crippen molar-refractivity contribution in [3.05, 3.63) is 66.7 Å². The quantitative estimate of drug-likeness (QED) is 0.397. The third-order valence-corrected chi connectivity index (χ3v) is 5.62. The SMILES string of the molecule is CCN(CC)CCn1c(NC(=O)CCc2ncc(-c3ccccc3)o2)nc2ccccc21. The van der Waals surface area contributed by atoms with Gasteiger partial charge in [0.15, 0.2) is 11.7 Å². The lowest BCUT2D eigenvalue weighted by Gasteiger charge is -2.19. The monoisotopic (exact) mass is 431 g/mol. The van der Waals surface area contributed by atoms with Gasteiger partial charge in [-0.15, -0.1) is 0 Å². The number of benzene rings is 2. The maximum atomic E-state index is 12.7. The van der Waals surface area contributed by atoms with Gasteiger partial charge < -0.3 is 13.9 Å². The Bertz CT molecular complexity index is 1160. The average Bonchev–Trinajstić information content (AvgIpc) is 3.44. The Morgan fingerprint density at radius 3 is 2.59 bits per heavy atom. The van der Waals surface area contributed by atoms with Crippen molar-refractivity contribution in [1.82, 2.24) is 19.4 Å². The van der Waals surface area contributed by atoms with E-state index in [0.717, 1.165) is 42.8 Å². The number of fused-ring (bicyclic) bond motifs is 1. The molecular weight excluding hydrogens is 402 g/mol. The summed E-state index contributed by atoms with van der Waals surface area (Å²) in [4.78, 5) is 24.0. The smallest absolute Gasteiger partial charge is 0.227 e. The Labute approximate surface area is 188 Å². The second-order valence-electron chi connectivity index (χ2n) is 7.64. The Hall–Kier alpha value is -3.45. The number of carbonyl (C=O) groups is 1. The van der Waals surface area contributed by atoms with Crippen LogP contribution in [0.25, 0.3) is 22.4 Å². The topological polar surface area (TPSA) is 76.2 Å². The van der Waals surface area contributed by atoms with E-state index in [2.05, 4.69) is 38.6 Å². The molecule has 2 heterocycles. The Morgan fingerprint density at radius 2 is 1.81 bits per heavy atom. The molecule has 0 aliphatic heterocycles. The minimum Gasteiger partial charge on any atom is -0.441 e. The molecule has 0 fully saturated rings. The number of rotatable bonds is 10. The highest BCUT2D eigenvalue weighted by Gasteiger charge is 2.15. The zero-order valence-electron chi connectivity index (χ0n) is 18.6. The average molecular weight is 432 g/mol. The lowest BCUT2D eigenvalue weighted by atomic mass is 10.2. The molecule has 2 aromatic carbocycles. The van der Waals surface area contributed by atoms with Crippen LogP contribution in [0.2, 0.25) is 0 Å². The fraction of sp³-hybridized carbons (Fsp3) is 0.320. The van der Waals surface area contributed by atoms with Crippen molar-refractivity contribution in [2.45, 2.75) is 33.2 Å². The highest BCUT2D eigenvalue weighted by atomic mass is 16.4. The lowest BCUT2D eigenvalue weighted by Crippen LogP contribution is -2.27. The van der Waals surface area contributed by atoms with Crippen LogP contribution < -0.4 is 5.32 Å². The number of aromatic nitrogens is 3. The Kier molecular flexibility index (Phi) is 6.97. The van der Waals surface area contributed by atoms with E-state index in [0.29, 0.717) is 24.0 Å². The van der Waals surface area contributed by atoms with Gasteiger partial charge in [-0.1, -0.05) is 56.3 Å². The summed E-state index contributed by atoms with van der Waals surface area (Å²) in [7, 11) is 0. The van der Waals surface area contributed by atoms with Gasteiger partial charge in [-0.2, -0.15) is 0 Å². The van der Waals surface area contributed by atoms with Gasteiger partial charge in [0.1, 0.15) is 0 Å². The van der Waals surface area contributed by atoms with Crippen LogP contribution in [-0.4, -0.2) is 45.0 Å². The summed E-state index contributed by atoms with van der Waals surface area (Å²) in [6.45, 7) is 7.96. The molecule has 1 amide bonds. The number of imidazole rings is 1. The summed E-state index contributed by atoms with van der Waals surface area (Å²) in [6, 6.07) is 17.8. The fourth-order valence-corrected chi connectivity index (χ4v) is 3.75. The number of oxazole rings is 1. The van der Waals surface area contributed by atoms with E-state index in [-0.39, 0.29) is 12.3 Å². The number of hydrogen-bond acceptors (Lipinski definition) is 5. The molecule has 0 saturated carbocycles. The van der Waals surface area contributed by atoms with Gasteiger partial charge in [-0.05, 0) is 25.2 Å². The predicted molar refractivity (Wildman–Crippen MR) is 126 cm³/mol. The normalized spacial score (nSPS) is 11.3. The van der Waals surface area contributed by atoms with Crippen molar-refractivity contribution in [3.63, 3.8) is 0 Å². The summed E-state index contributed by atoms with van der Waals surface area (Å²) in [5, 5.41) is 2.99. The first-order valence-electron chi connectivity index (χ1n) is 11.2. The van der Waals surface area contributed by atoms with Gasteiger partial charge in [-0.25, -0.2) is 9.97 Å². The second kappa shape index (κ2) is 10.2. The number of anilines is 1. The molecule has 166 valence electrons. The van der Waals surface area contributed by atoms with E-state index in [1.54, 1.807) is 6.20 Å². The maximum absolute atomic E-state index is 12.7. The molecule has 32 heavy (non-hydrogen) atoms. The fourth-order valence-electron chi connectivity index (χ4n) is 3.75. The molecule has 0 bridgehead atoms. The van der Waals surface area contributed by atoms with E-state index in [1.165, 1.54) is 0 Å². The van der Waals surface area contributed by atoms with Crippen LogP contribution in [0.5, 0.6) is 0 Å². The summed E-state index contributed by atoms with van der Waals surface area (Å²) in [5.41, 5.74) is 2.87. The minimum atomic E-state index is -0.108. The standard InChI is InChI=1S/C25H29N5O2/c1-3-29(4-2)16-17-30-21-13-9-8-12-20(21)27-25(30)28-23(31)14-15-24-26-18-22(32-24)19-10-6-5-7-11-19/h5-13,18H,3-4,14-17H2,1-2H3,(H,27,28,31). The van der Waals surface area contributed by atoms with Crippen LogP contribution in [0.1, 0.15) is 26.2 Å². The van der Waals surface area contributed by atoms with Gasteiger partial charge in [0, 0.05) is 31.5 Å². The zero-order chi connectivity index (χ0) is 22.3. The van der Waals surface area contributed by atoms with Crippen molar-refractivity contribution >= 4 is 22.9 Å². The van der Waals surface area contributed by atoms with Crippen LogP contribution in [0.4, 0.5) is 5.95 Å². The van der Waals surface area contributed by atoms with E-state index in [1.807, 2.05) is 54.6 Å².